The second-order valence-corrected chi connectivity index (χ2v) is 8.58. The molecule has 1 aliphatic heterocycles. The van der Waals surface area contributed by atoms with E-state index in [1.165, 1.54) is 18.1 Å². The predicted octanol–water partition coefficient (Wildman–Crippen LogP) is 6.10. The van der Waals surface area contributed by atoms with Crippen LogP contribution in [0.2, 0.25) is 5.02 Å². The summed E-state index contributed by atoms with van der Waals surface area (Å²) in [5.74, 6) is -0.950. The van der Waals surface area contributed by atoms with Crippen LogP contribution >= 0.6 is 11.6 Å². The number of aliphatic hydroxyl groups is 1. The maximum atomic E-state index is 13.2. The summed E-state index contributed by atoms with van der Waals surface area (Å²) in [6, 6.07) is 20.7. The van der Waals surface area contributed by atoms with E-state index in [9.17, 15) is 14.7 Å². The zero-order valence-corrected chi connectivity index (χ0v) is 19.3. The molecule has 3 aromatic rings. The van der Waals surface area contributed by atoms with E-state index in [0.717, 1.165) is 5.56 Å². The van der Waals surface area contributed by atoms with Gasteiger partial charge in [-0.05, 0) is 47.4 Å². The second kappa shape index (κ2) is 9.12. The lowest BCUT2D eigenvalue weighted by atomic mass is 9.95. The fourth-order valence-corrected chi connectivity index (χ4v) is 4.30. The molecule has 0 radical (unpaired) electrons. The highest BCUT2D eigenvalue weighted by atomic mass is 35.5. The molecular weight excluding hydrogens is 438 g/mol. The van der Waals surface area contributed by atoms with Crippen molar-refractivity contribution in [2.75, 3.05) is 12.0 Å². The number of amides is 1. The first-order chi connectivity index (χ1) is 15.8. The molecule has 0 aliphatic carbocycles. The number of benzene rings is 3. The quantitative estimate of drug-likeness (QED) is 0.283. The molecule has 1 fully saturated rings. The van der Waals surface area contributed by atoms with Gasteiger partial charge in [-0.25, -0.2) is 0 Å². The van der Waals surface area contributed by atoms with E-state index in [-0.39, 0.29) is 16.4 Å². The molecule has 168 valence electrons. The van der Waals surface area contributed by atoms with E-state index in [1.807, 2.05) is 54.6 Å². The maximum absolute atomic E-state index is 13.2. The van der Waals surface area contributed by atoms with Gasteiger partial charge in [-0.15, -0.1) is 0 Å². The van der Waals surface area contributed by atoms with Gasteiger partial charge in [0, 0.05) is 11.3 Å². The van der Waals surface area contributed by atoms with E-state index >= 15 is 0 Å². The molecule has 1 saturated heterocycles. The Balaban J connectivity index is 1.89. The normalized spacial score (nSPS) is 17.6. The van der Waals surface area contributed by atoms with Gasteiger partial charge in [0.05, 0.1) is 23.7 Å². The number of ketones is 1. The Bertz CT molecular complexity index is 1230. The van der Waals surface area contributed by atoms with Crippen molar-refractivity contribution in [2.45, 2.75) is 25.8 Å². The van der Waals surface area contributed by atoms with Crippen LogP contribution in [-0.4, -0.2) is 23.9 Å². The molecule has 33 heavy (non-hydrogen) atoms. The summed E-state index contributed by atoms with van der Waals surface area (Å²) in [6.07, 6.45) is 0. The smallest absolute Gasteiger partial charge is 0.300 e. The number of hydrogen-bond acceptors (Lipinski definition) is 4. The number of rotatable bonds is 5. The molecule has 1 unspecified atom stereocenters. The standard InChI is InChI=1S/C27H24ClNO4/c1-16(2)17-9-12-20(13-10-17)29-24(18-7-5-4-6-8-18)23(26(31)27(29)32)25(30)19-11-14-22(33-3)21(28)15-19/h4-16,24,30H,1-3H3/b25-23-. The SMILES string of the molecule is COc1ccc(/C(O)=C2/C(=O)C(=O)N(c3ccc(C(C)C)cc3)C2c2ccccc2)cc1Cl. The van der Waals surface area contributed by atoms with Crippen molar-refractivity contribution >= 4 is 34.7 Å². The summed E-state index contributed by atoms with van der Waals surface area (Å²) in [5.41, 5.74) is 2.77. The maximum Gasteiger partial charge on any atom is 0.300 e. The van der Waals surface area contributed by atoms with E-state index in [2.05, 4.69) is 13.8 Å². The summed E-state index contributed by atoms with van der Waals surface area (Å²) in [6.45, 7) is 4.18. The van der Waals surface area contributed by atoms with Gasteiger partial charge in [0.25, 0.3) is 11.7 Å². The minimum atomic E-state index is -0.781. The van der Waals surface area contributed by atoms with E-state index in [0.29, 0.717) is 28.5 Å². The van der Waals surface area contributed by atoms with Gasteiger partial charge < -0.3 is 9.84 Å². The van der Waals surface area contributed by atoms with Gasteiger partial charge in [0.15, 0.2) is 0 Å². The van der Waals surface area contributed by atoms with Crippen LogP contribution in [0.3, 0.4) is 0 Å². The Hall–Kier alpha value is -3.57. The van der Waals surface area contributed by atoms with Gasteiger partial charge in [-0.1, -0.05) is 67.9 Å². The van der Waals surface area contributed by atoms with Crippen LogP contribution in [0.5, 0.6) is 5.75 Å². The van der Waals surface area contributed by atoms with Gasteiger partial charge in [0.2, 0.25) is 0 Å². The van der Waals surface area contributed by atoms with Crippen LogP contribution in [0.25, 0.3) is 5.76 Å². The number of halogens is 1. The number of Topliss-reactive ketones (excluding diaryl/α,β-unsaturated/α-hetero) is 1. The highest BCUT2D eigenvalue weighted by Gasteiger charge is 2.46. The van der Waals surface area contributed by atoms with Gasteiger partial charge in [-0.3, -0.25) is 14.5 Å². The monoisotopic (exact) mass is 461 g/mol. The Labute approximate surface area is 197 Å². The molecular formula is C27H24ClNO4. The van der Waals surface area contributed by atoms with Crippen LogP contribution in [0.15, 0.2) is 78.4 Å². The predicted molar refractivity (Wildman–Crippen MR) is 130 cm³/mol. The number of anilines is 1. The summed E-state index contributed by atoms with van der Waals surface area (Å²) < 4.78 is 5.18. The second-order valence-electron chi connectivity index (χ2n) is 8.18. The van der Waals surface area contributed by atoms with E-state index in [4.69, 9.17) is 16.3 Å². The Kier molecular flexibility index (Phi) is 6.25. The highest BCUT2D eigenvalue weighted by molar-refractivity contribution is 6.51. The first-order valence-electron chi connectivity index (χ1n) is 10.6. The number of aliphatic hydroxyl groups excluding tert-OH is 1. The minimum Gasteiger partial charge on any atom is -0.507 e. The van der Waals surface area contributed by atoms with Crippen molar-refractivity contribution in [3.05, 3.63) is 100 Å². The van der Waals surface area contributed by atoms with Gasteiger partial charge in [-0.2, -0.15) is 0 Å². The zero-order chi connectivity index (χ0) is 23.7. The number of nitrogens with zero attached hydrogens (tertiary/aromatic N) is 1. The first kappa shape index (κ1) is 22.6. The lowest BCUT2D eigenvalue weighted by Gasteiger charge is -2.25. The third kappa shape index (κ3) is 4.12. The molecule has 3 aromatic carbocycles. The lowest BCUT2D eigenvalue weighted by Crippen LogP contribution is -2.29. The first-order valence-corrected chi connectivity index (χ1v) is 11.0. The molecule has 1 N–H and O–H groups in total. The summed E-state index contributed by atoms with van der Waals surface area (Å²) >= 11 is 6.24. The molecule has 1 amide bonds. The molecule has 5 nitrogen and oxygen atoms in total. The van der Waals surface area contributed by atoms with Crippen molar-refractivity contribution in [2.24, 2.45) is 0 Å². The summed E-state index contributed by atoms with van der Waals surface area (Å²) in [5, 5.41) is 11.5. The van der Waals surface area contributed by atoms with Crippen molar-refractivity contribution in [1.29, 1.82) is 0 Å². The molecule has 0 spiro atoms. The fraction of sp³-hybridized carbons (Fsp3) is 0.185. The minimum absolute atomic E-state index is 0.0142. The number of carbonyl (C=O) groups is 2. The number of methoxy groups -OCH3 is 1. The van der Waals surface area contributed by atoms with Crippen molar-refractivity contribution in [1.82, 2.24) is 0 Å². The third-order valence-corrected chi connectivity index (χ3v) is 6.12. The molecule has 0 aromatic heterocycles. The van der Waals surface area contributed by atoms with Crippen LogP contribution < -0.4 is 9.64 Å². The summed E-state index contributed by atoms with van der Waals surface area (Å²) in [4.78, 5) is 27.9. The lowest BCUT2D eigenvalue weighted by molar-refractivity contribution is -0.132. The van der Waals surface area contributed by atoms with Crippen LogP contribution in [0.4, 0.5) is 5.69 Å². The Morgan fingerprint density at radius 1 is 1.00 bits per heavy atom. The van der Waals surface area contributed by atoms with Gasteiger partial charge >= 0.3 is 0 Å². The van der Waals surface area contributed by atoms with E-state index in [1.54, 1.807) is 12.1 Å². The van der Waals surface area contributed by atoms with Crippen LogP contribution in [0, 0.1) is 0 Å². The average Bonchev–Trinajstić information content (AvgIpc) is 3.09. The average molecular weight is 462 g/mol. The number of hydrogen-bond donors (Lipinski definition) is 1. The topological polar surface area (TPSA) is 66.8 Å². The third-order valence-electron chi connectivity index (χ3n) is 5.82. The number of carbonyl (C=O) groups excluding carboxylic acids is 2. The molecule has 4 rings (SSSR count). The fourth-order valence-electron chi connectivity index (χ4n) is 4.04. The van der Waals surface area contributed by atoms with Crippen LogP contribution in [-0.2, 0) is 9.59 Å². The largest absolute Gasteiger partial charge is 0.507 e. The molecule has 6 heteroatoms. The molecule has 1 heterocycles. The van der Waals surface area contributed by atoms with Crippen molar-refractivity contribution in [3.63, 3.8) is 0 Å². The van der Waals surface area contributed by atoms with Crippen molar-refractivity contribution in [3.8, 4) is 5.75 Å². The van der Waals surface area contributed by atoms with Gasteiger partial charge in [0.1, 0.15) is 11.5 Å². The number of ether oxygens (including phenoxy) is 1. The summed E-state index contributed by atoms with van der Waals surface area (Å²) in [7, 11) is 1.49. The zero-order valence-electron chi connectivity index (χ0n) is 18.6. The molecule has 1 aliphatic rings. The van der Waals surface area contributed by atoms with E-state index < -0.39 is 17.7 Å². The Morgan fingerprint density at radius 2 is 1.67 bits per heavy atom. The highest BCUT2D eigenvalue weighted by Crippen LogP contribution is 2.42. The van der Waals surface area contributed by atoms with Crippen LogP contribution in [0.1, 0.15) is 42.5 Å². The molecule has 1 atom stereocenters. The molecule has 0 bridgehead atoms. The van der Waals surface area contributed by atoms with Crippen molar-refractivity contribution < 1.29 is 19.4 Å². The molecule has 0 saturated carbocycles. The Morgan fingerprint density at radius 3 is 2.24 bits per heavy atom.